The Morgan fingerprint density at radius 1 is 0.879 bits per heavy atom. The van der Waals surface area contributed by atoms with Crippen molar-refractivity contribution < 1.29 is 22.9 Å². The summed E-state index contributed by atoms with van der Waals surface area (Å²) in [5.74, 6) is -0.783. The topological polar surface area (TPSA) is 98.8 Å². The summed E-state index contributed by atoms with van der Waals surface area (Å²) in [6.07, 6.45) is 2.65. The smallest absolute Gasteiger partial charge is 0.376 e. The third-order valence-corrected chi connectivity index (χ3v) is 11.4. The minimum Gasteiger partial charge on any atom is -0.744 e. The second-order valence-corrected chi connectivity index (χ2v) is 12.5. The maximum atomic E-state index is 12.4. The molecule has 5 nitrogen and oxygen atoms in total. The zero-order valence-corrected chi connectivity index (χ0v) is 25.5. The van der Waals surface area contributed by atoms with Crippen molar-refractivity contribution in [3.05, 3.63) is 79.0 Å². The van der Waals surface area contributed by atoms with Gasteiger partial charge in [-0.25, -0.2) is 8.42 Å². The van der Waals surface area contributed by atoms with Crippen LogP contribution in [-0.2, 0) is 10.1 Å². The Labute approximate surface area is 241 Å². The number of halogens is 8. The molecule has 0 atom stereocenters. The number of rotatable bonds is 3. The summed E-state index contributed by atoms with van der Waals surface area (Å²) in [7, 11) is -5.07. The second kappa shape index (κ2) is 10.2. The average Bonchev–Trinajstić information content (AvgIpc) is 2.71. The number of benzene rings is 2. The Bertz CT molecular complexity index is 1400. The van der Waals surface area contributed by atoms with Crippen LogP contribution >= 0.6 is 110 Å². The van der Waals surface area contributed by atoms with Gasteiger partial charge in [0.25, 0.3) is 0 Å². The number of ketones is 1. The lowest BCUT2D eigenvalue weighted by Gasteiger charge is -2.24. The van der Waals surface area contributed by atoms with Gasteiger partial charge in [0, 0.05) is 19.0 Å². The van der Waals surface area contributed by atoms with Crippen LogP contribution < -0.4 is 0 Å². The van der Waals surface area contributed by atoms with E-state index in [2.05, 4.69) is 63.7 Å². The zero-order valence-electron chi connectivity index (χ0n) is 15.4. The van der Waals surface area contributed by atoms with Gasteiger partial charge in [0.15, 0.2) is 5.75 Å². The van der Waals surface area contributed by atoms with E-state index in [0.717, 1.165) is 0 Å². The van der Waals surface area contributed by atoms with Crippen molar-refractivity contribution in [2.75, 3.05) is 0 Å². The van der Waals surface area contributed by atoms with E-state index < -0.39 is 26.5 Å². The molecule has 0 fully saturated rings. The van der Waals surface area contributed by atoms with E-state index in [1.165, 1.54) is 24.3 Å². The first-order valence-electron chi connectivity index (χ1n) is 8.22. The minimum atomic E-state index is -5.07. The molecule has 0 saturated heterocycles. The van der Waals surface area contributed by atoms with Gasteiger partial charge in [-0.1, -0.05) is 46.4 Å². The van der Waals surface area contributed by atoms with Crippen LogP contribution in [-0.4, -0.2) is 28.7 Å². The lowest BCUT2D eigenvalue weighted by Crippen LogP contribution is -2.10. The molecule has 0 saturated carbocycles. The molecule has 3 rings (SSSR count). The minimum absolute atomic E-state index is 0.0491. The molecule has 2 N–H and O–H groups in total. The highest BCUT2D eigenvalue weighted by Crippen LogP contribution is 2.50. The van der Waals surface area contributed by atoms with Crippen LogP contribution in [0.5, 0.6) is 5.75 Å². The monoisotopic (exact) mass is 802 g/mol. The van der Waals surface area contributed by atoms with E-state index in [9.17, 15) is 22.9 Å². The summed E-state index contributed by atoms with van der Waals surface area (Å²) < 4.78 is 37.9. The number of hydrogen-bond acceptors (Lipinski definition) is 4. The van der Waals surface area contributed by atoms with Crippen molar-refractivity contribution in [2.45, 2.75) is 4.90 Å². The Balaban J connectivity index is 2.66. The summed E-state index contributed by atoms with van der Waals surface area (Å²) in [4.78, 5) is 9.41. The third-order valence-electron chi connectivity index (χ3n) is 4.34. The Kier molecular flexibility index (Phi) is 8.60. The van der Waals surface area contributed by atoms with Gasteiger partial charge < -0.3 is 9.66 Å². The summed E-state index contributed by atoms with van der Waals surface area (Å²) in [6, 6.07) is 2.65. The molecule has 0 heterocycles. The van der Waals surface area contributed by atoms with Crippen molar-refractivity contribution in [1.29, 1.82) is 0 Å². The maximum absolute atomic E-state index is 12.4. The standard InChI is InChI=1S/C19H6Br4Cl4O5S/c20-13-12(19(33(30,31)32)16(23)15(22)14(13)21)11(5-1-7(24)17(28)8(25)2-5)6-3-9(26)18(29)10(27)4-6/h1-4,28H,(H,30,31,32). The predicted octanol–water partition coefficient (Wildman–Crippen LogP) is 8.26. The van der Waals surface area contributed by atoms with Crippen LogP contribution in [0.2, 0.25) is 10.0 Å². The highest BCUT2D eigenvalue weighted by Gasteiger charge is 2.31. The van der Waals surface area contributed by atoms with Crippen LogP contribution in [0.25, 0.3) is 5.57 Å². The number of allylic oxidation sites excluding steroid dienone is 5. The van der Waals surface area contributed by atoms with Crippen molar-refractivity contribution >= 4 is 132 Å². The SMILES string of the molecule is O=S(=O)([O-])c1c(Br)c(Br)c(Br)c(Br)c1C(=C1C=C(Cl)C(=[OH+])C(Cl)=C1)c1cc(Cl)c(O)c(Cl)c1. The number of hydrogen-bond donors (Lipinski definition) is 1. The predicted molar refractivity (Wildman–Crippen MR) is 144 cm³/mol. The molecule has 0 amide bonds. The van der Waals surface area contributed by atoms with Gasteiger partial charge in [-0.2, -0.15) is 0 Å². The van der Waals surface area contributed by atoms with E-state index >= 15 is 0 Å². The summed E-state index contributed by atoms with van der Waals surface area (Å²) >= 11 is 37.6. The zero-order chi connectivity index (χ0) is 25.0. The third kappa shape index (κ3) is 5.30. The molecule has 0 spiro atoms. The van der Waals surface area contributed by atoms with Crippen molar-refractivity contribution in [1.82, 2.24) is 0 Å². The Hall–Kier alpha value is 0.120. The molecule has 0 unspecified atom stereocenters. The van der Waals surface area contributed by atoms with Crippen LogP contribution in [0.1, 0.15) is 11.1 Å². The lowest BCUT2D eigenvalue weighted by molar-refractivity contribution is 0.462. The molecule has 33 heavy (non-hydrogen) atoms. The van der Waals surface area contributed by atoms with Gasteiger partial charge in [0.05, 0.1) is 19.4 Å². The quantitative estimate of drug-likeness (QED) is 0.146. The number of carbonyl (C=O) groups excluding carboxylic acids is 1. The first kappa shape index (κ1) is 27.7. The van der Waals surface area contributed by atoms with Crippen LogP contribution in [0, 0.1) is 0 Å². The van der Waals surface area contributed by atoms with Gasteiger partial charge >= 0.3 is 5.78 Å². The number of phenols is 1. The fraction of sp³-hybridized carbons (Fsp3) is 0. The molecule has 2 aromatic carbocycles. The van der Waals surface area contributed by atoms with Gasteiger partial charge in [-0.3, -0.25) is 4.79 Å². The summed E-state index contributed by atoms with van der Waals surface area (Å²) in [6.45, 7) is 0. The van der Waals surface area contributed by atoms with Gasteiger partial charge in [0.2, 0.25) is 0 Å². The van der Waals surface area contributed by atoms with E-state index in [1.807, 2.05) is 0 Å². The van der Waals surface area contributed by atoms with Crippen LogP contribution in [0.15, 0.2) is 62.7 Å². The molecule has 0 aromatic heterocycles. The highest BCUT2D eigenvalue weighted by molar-refractivity contribution is 9.15. The molecule has 1 aliphatic rings. The van der Waals surface area contributed by atoms with E-state index in [1.54, 1.807) is 0 Å². The largest absolute Gasteiger partial charge is 0.744 e. The fourth-order valence-electron chi connectivity index (χ4n) is 2.94. The lowest BCUT2D eigenvalue weighted by atomic mass is 9.90. The van der Waals surface area contributed by atoms with Crippen LogP contribution in [0.3, 0.4) is 0 Å². The van der Waals surface area contributed by atoms with E-state index in [-0.39, 0.29) is 55.8 Å². The van der Waals surface area contributed by atoms with Crippen molar-refractivity contribution in [2.24, 2.45) is 0 Å². The van der Waals surface area contributed by atoms with Gasteiger partial charge in [-0.15, -0.1) is 0 Å². The summed E-state index contributed by atoms with van der Waals surface area (Å²) in [5.41, 5.74) is 0.458. The van der Waals surface area contributed by atoms with Gasteiger partial charge in [-0.05, 0) is 105 Å². The molecule has 2 aromatic rings. The molecule has 0 radical (unpaired) electrons. The highest BCUT2D eigenvalue weighted by atomic mass is 79.9. The molecule has 1 aliphatic carbocycles. The maximum Gasteiger partial charge on any atom is 0.376 e. The first-order chi connectivity index (χ1) is 15.2. The fourth-order valence-corrected chi connectivity index (χ4v) is 7.87. The van der Waals surface area contributed by atoms with Gasteiger partial charge in [0.1, 0.15) is 20.2 Å². The van der Waals surface area contributed by atoms with Crippen molar-refractivity contribution in [3.63, 3.8) is 0 Å². The molecule has 174 valence electrons. The van der Waals surface area contributed by atoms with E-state index in [0.29, 0.717) is 4.47 Å². The second-order valence-electron chi connectivity index (χ2n) is 6.37. The number of phenolic OH excluding ortho intramolecular Hbond substituents is 1. The molecule has 14 heteroatoms. The Morgan fingerprint density at radius 2 is 1.33 bits per heavy atom. The van der Waals surface area contributed by atoms with Crippen molar-refractivity contribution in [3.8, 4) is 5.75 Å². The summed E-state index contributed by atoms with van der Waals surface area (Å²) in [5, 5.41) is 9.48. The Morgan fingerprint density at radius 3 is 1.79 bits per heavy atom. The van der Waals surface area contributed by atoms with E-state index in [4.69, 9.17) is 46.4 Å². The molecular weight excluding hydrogens is 802 g/mol. The number of aromatic hydroxyl groups is 1. The normalized spacial score (nSPS) is 14.3. The first-order valence-corrected chi connectivity index (χ1v) is 14.3. The molecular formula is C19H6Br4Cl4O5S. The average molecular weight is 808 g/mol. The molecule has 0 bridgehead atoms. The van der Waals surface area contributed by atoms with Crippen LogP contribution in [0.4, 0.5) is 0 Å². The molecule has 0 aliphatic heterocycles.